The van der Waals surface area contributed by atoms with E-state index in [-0.39, 0.29) is 25.0 Å². The summed E-state index contributed by atoms with van der Waals surface area (Å²) in [6.07, 6.45) is 1.41. The molecule has 0 aromatic rings. The number of hydrogen-bond donors (Lipinski definition) is 1. The van der Waals surface area contributed by atoms with Gasteiger partial charge in [-0.1, -0.05) is 0 Å². The topological polar surface area (TPSA) is 87.2 Å². The van der Waals surface area contributed by atoms with Crippen LogP contribution in [0.4, 0.5) is 4.79 Å². The summed E-state index contributed by atoms with van der Waals surface area (Å²) in [6.45, 7) is 0.397. The van der Waals surface area contributed by atoms with Crippen LogP contribution in [0.3, 0.4) is 0 Å². The van der Waals surface area contributed by atoms with Gasteiger partial charge >= 0.3 is 18.0 Å². The number of carboxylic acid groups (broad SMARTS) is 1. The number of carbonyl (C=O) groups is 3. The molecule has 1 saturated heterocycles. The molecule has 7 heteroatoms. The molecule has 102 valence electrons. The smallest absolute Gasteiger partial charge is 0.325 e. The molecule has 1 atom stereocenters. The maximum atomic E-state index is 12.0. The fourth-order valence-electron chi connectivity index (χ4n) is 2.05. The molecule has 1 N–H and O–H groups in total. The van der Waals surface area contributed by atoms with E-state index in [9.17, 15) is 14.4 Å². The van der Waals surface area contributed by atoms with Gasteiger partial charge in [-0.15, -0.1) is 0 Å². The van der Waals surface area contributed by atoms with Crippen molar-refractivity contribution in [2.75, 3.05) is 27.2 Å². The van der Waals surface area contributed by atoms with Crippen molar-refractivity contribution in [1.82, 2.24) is 9.80 Å². The minimum absolute atomic E-state index is 0.0577. The average Bonchev–Trinajstić information content (AvgIpc) is 2.74. The Hall–Kier alpha value is -1.79. The van der Waals surface area contributed by atoms with Gasteiger partial charge in [0.05, 0.1) is 13.5 Å². The van der Waals surface area contributed by atoms with Crippen LogP contribution < -0.4 is 0 Å². The highest BCUT2D eigenvalue weighted by atomic mass is 16.5. The second-order valence-corrected chi connectivity index (χ2v) is 4.30. The van der Waals surface area contributed by atoms with E-state index in [0.717, 1.165) is 6.42 Å². The van der Waals surface area contributed by atoms with Crippen molar-refractivity contribution in [3.05, 3.63) is 0 Å². The van der Waals surface area contributed by atoms with Gasteiger partial charge in [-0.2, -0.15) is 0 Å². The average molecular weight is 258 g/mol. The summed E-state index contributed by atoms with van der Waals surface area (Å²) in [5, 5.41) is 8.77. The summed E-state index contributed by atoms with van der Waals surface area (Å²) in [5.41, 5.74) is 0. The van der Waals surface area contributed by atoms with Gasteiger partial charge in [0.15, 0.2) is 0 Å². The molecule has 1 heterocycles. The highest BCUT2D eigenvalue weighted by Crippen LogP contribution is 2.21. The van der Waals surface area contributed by atoms with Gasteiger partial charge in [-0.25, -0.2) is 4.79 Å². The van der Waals surface area contributed by atoms with E-state index in [1.165, 1.54) is 24.0 Å². The molecule has 0 spiro atoms. The van der Waals surface area contributed by atoms with Crippen LogP contribution in [-0.2, 0) is 14.3 Å². The zero-order valence-electron chi connectivity index (χ0n) is 10.6. The SMILES string of the molecule is COC(=O)CN(C)C(=O)N1CCCC1CC(=O)O. The lowest BCUT2D eigenvalue weighted by molar-refractivity contribution is -0.141. The number of esters is 1. The van der Waals surface area contributed by atoms with E-state index in [2.05, 4.69) is 4.74 Å². The van der Waals surface area contributed by atoms with Crippen LogP contribution in [-0.4, -0.2) is 66.2 Å². The number of carboxylic acids is 1. The normalized spacial score (nSPS) is 18.6. The van der Waals surface area contributed by atoms with E-state index >= 15 is 0 Å². The zero-order chi connectivity index (χ0) is 13.7. The Morgan fingerprint density at radius 2 is 2.11 bits per heavy atom. The van der Waals surface area contributed by atoms with Crippen LogP contribution in [0.15, 0.2) is 0 Å². The number of likely N-dealkylation sites (tertiary alicyclic amines) is 1. The number of aliphatic carboxylic acids is 1. The van der Waals surface area contributed by atoms with Crippen LogP contribution in [0, 0.1) is 0 Å². The number of nitrogens with zero attached hydrogens (tertiary/aromatic N) is 2. The molecule has 0 aromatic heterocycles. The van der Waals surface area contributed by atoms with E-state index in [4.69, 9.17) is 5.11 Å². The summed E-state index contributed by atoms with van der Waals surface area (Å²) < 4.78 is 4.48. The van der Waals surface area contributed by atoms with Gasteiger partial charge in [-0.3, -0.25) is 9.59 Å². The van der Waals surface area contributed by atoms with Crippen molar-refractivity contribution in [3.8, 4) is 0 Å². The predicted molar refractivity (Wildman–Crippen MR) is 62.0 cm³/mol. The number of ether oxygens (including phenoxy) is 1. The molecule has 0 radical (unpaired) electrons. The molecular weight excluding hydrogens is 240 g/mol. The highest BCUT2D eigenvalue weighted by Gasteiger charge is 2.32. The standard InChI is InChI=1S/C11H18N2O5/c1-12(7-10(16)18-2)11(17)13-5-3-4-8(13)6-9(14)15/h8H,3-7H2,1-2H3,(H,14,15). The Morgan fingerprint density at radius 3 is 2.67 bits per heavy atom. The molecule has 2 amide bonds. The summed E-state index contributed by atoms with van der Waals surface area (Å²) in [7, 11) is 2.75. The first-order chi connectivity index (χ1) is 8.45. The first-order valence-corrected chi connectivity index (χ1v) is 5.76. The van der Waals surface area contributed by atoms with Crippen LogP contribution in [0.1, 0.15) is 19.3 Å². The number of methoxy groups -OCH3 is 1. The number of likely N-dealkylation sites (N-methyl/N-ethyl adjacent to an activating group) is 1. The number of rotatable bonds is 4. The first kappa shape index (κ1) is 14.3. The van der Waals surface area contributed by atoms with Gasteiger partial charge in [0.2, 0.25) is 0 Å². The lowest BCUT2D eigenvalue weighted by Gasteiger charge is -2.28. The Labute approximate surface area is 105 Å². The molecule has 1 aliphatic rings. The predicted octanol–water partition coefficient (Wildman–Crippen LogP) is 0.150. The number of carbonyl (C=O) groups excluding carboxylic acids is 2. The molecular formula is C11H18N2O5. The van der Waals surface area contributed by atoms with Crippen LogP contribution in [0.2, 0.25) is 0 Å². The Bertz CT molecular complexity index is 344. The lowest BCUT2D eigenvalue weighted by Crippen LogP contribution is -2.46. The van der Waals surface area contributed by atoms with Crippen molar-refractivity contribution < 1.29 is 24.2 Å². The maximum Gasteiger partial charge on any atom is 0.325 e. The molecule has 1 rings (SSSR count). The van der Waals surface area contributed by atoms with Crippen molar-refractivity contribution in [2.24, 2.45) is 0 Å². The van der Waals surface area contributed by atoms with E-state index in [1.54, 1.807) is 0 Å². The molecule has 1 unspecified atom stereocenters. The van der Waals surface area contributed by atoms with Crippen molar-refractivity contribution >= 4 is 18.0 Å². The van der Waals surface area contributed by atoms with Gasteiger partial charge in [-0.05, 0) is 12.8 Å². The Morgan fingerprint density at radius 1 is 1.44 bits per heavy atom. The summed E-state index contributed by atoms with van der Waals surface area (Å²) >= 11 is 0. The summed E-state index contributed by atoms with van der Waals surface area (Å²) in [4.78, 5) is 36.6. The second-order valence-electron chi connectivity index (χ2n) is 4.30. The zero-order valence-corrected chi connectivity index (χ0v) is 10.6. The maximum absolute atomic E-state index is 12.0. The van der Waals surface area contributed by atoms with Crippen molar-refractivity contribution in [1.29, 1.82) is 0 Å². The van der Waals surface area contributed by atoms with Crippen molar-refractivity contribution in [2.45, 2.75) is 25.3 Å². The van der Waals surface area contributed by atoms with Gasteiger partial charge in [0.1, 0.15) is 6.54 Å². The molecule has 18 heavy (non-hydrogen) atoms. The summed E-state index contributed by atoms with van der Waals surface area (Å²) in [6, 6.07) is -0.612. The second kappa shape index (κ2) is 6.23. The van der Waals surface area contributed by atoms with Crippen LogP contribution >= 0.6 is 0 Å². The minimum Gasteiger partial charge on any atom is -0.481 e. The highest BCUT2D eigenvalue weighted by molar-refractivity contribution is 5.81. The molecule has 0 aliphatic carbocycles. The third kappa shape index (κ3) is 3.61. The monoisotopic (exact) mass is 258 g/mol. The van der Waals surface area contributed by atoms with Crippen molar-refractivity contribution in [3.63, 3.8) is 0 Å². The van der Waals surface area contributed by atoms with Gasteiger partial charge < -0.3 is 19.6 Å². The van der Waals surface area contributed by atoms with E-state index in [1.807, 2.05) is 0 Å². The molecule has 0 aromatic carbocycles. The summed E-state index contributed by atoms with van der Waals surface area (Å²) in [5.74, 6) is -1.42. The fraction of sp³-hybridized carbons (Fsp3) is 0.727. The number of urea groups is 1. The molecule has 0 saturated carbocycles. The van der Waals surface area contributed by atoms with Crippen LogP contribution in [0.25, 0.3) is 0 Å². The minimum atomic E-state index is -0.921. The largest absolute Gasteiger partial charge is 0.481 e. The van der Waals surface area contributed by atoms with Gasteiger partial charge in [0.25, 0.3) is 0 Å². The Kier molecular flexibility index (Phi) is 4.94. The first-order valence-electron chi connectivity index (χ1n) is 5.76. The fourth-order valence-corrected chi connectivity index (χ4v) is 2.05. The van der Waals surface area contributed by atoms with E-state index in [0.29, 0.717) is 13.0 Å². The molecule has 1 aliphatic heterocycles. The molecule has 1 fully saturated rings. The molecule has 7 nitrogen and oxygen atoms in total. The quantitative estimate of drug-likeness (QED) is 0.725. The third-order valence-electron chi connectivity index (χ3n) is 2.95. The van der Waals surface area contributed by atoms with Gasteiger partial charge in [0, 0.05) is 19.6 Å². The third-order valence-corrected chi connectivity index (χ3v) is 2.95. The Balaban J connectivity index is 2.59. The number of hydrogen-bond acceptors (Lipinski definition) is 4. The molecule has 0 bridgehead atoms. The number of amides is 2. The van der Waals surface area contributed by atoms with Crippen LogP contribution in [0.5, 0.6) is 0 Å². The lowest BCUT2D eigenvalue weighted by atomic mass is 10.1. The van der Waals surface area contributed by atoms with E-state index < -0.39 is 11.9 Å².